The Labute approximate surface area is 133 Å². The van der Waals surface area contributed by atoms with Crippen molar-refractivity contribution in [3.05, 3.63) is 50.9 Å². The van der Waals surface area contributed by atoms with Gasteiger partial charge in [-0.25, -0.2) is 0 Å². The molecule has 3 N–H and O–H groups in total. The molecule has 0 spiro atoms. The van der Waals surface area contributed by atoms with Crippen LogP contribution < -0.4 is 15.8 Å². The van der Waals surface area contributed by atoms with E-state index < -0.39 is 0 Å². The Balaban J connectivity index is 2.19. The van der Waals surface area contributed by atoms with Gasteiger partial charge in [-0.2, -0.15) is 0 Å². The first kappa shape index (κ1) is 14.9. The maximum absolute atomic E-state index is 12.1. The number of amides is 1. The predicted octanol–water partition coefficient (Wildman–Crippen LogP) is 4.05. The van der Waals surface area contributed by atoms with Crippen molar-refractivity contribution in [3.63, 3.8) is 0 Å². The number of rotatable bonds is 3. The van der Waals surface area contributed by atoms with E-state index in [9.17, 15) is 4.79 Å². The first-order valence-electron chi connectivity index (χ1n) is 5.71. The minimum atomic E-state index is -0.204. The third-order valence-electron chi connectivity index (χ3n) is 2.67. The number of nitrogens with one attached hydrogen (secondary N) is 1. The molecule has 104 valence electrons. The predicted molar refractivity (Wildman–Crippen MR) is 87.2 cm³/mol. The van der Waals surface area contributed by atoms with Gasteiger partial charge >= 0.3 is 0 Å². The Hall–Kier alpha value is -1.53. The van der Waals surface area contributed by atoms with Gasteiger partial charge in [0.2, 0.25) is 0 Å². The lowest BCUT2D eigenvalue weighted by atomic mass is 10.2. The summed E-state index contributed by atoms with van der Waals surface area (Å²) in [4.78, 5) is 12.1. The molecule has 0 atom stereocenters. The van der Waals surface area contributed by atoms with E-state index in [1.807, 2.05) is 0 Å². The molecule has 0 fully saturated rings. The van der Waals surface area contributed by atoms with Crippen molar-refractivity contribution in [1.82, 2.24) is 0 Å². The van der Waals surface area contributed by atoms with Crippen molar-refractivity contribution in [2.45, 2.75) is 0 Å². The monoisotopic (exact) mass is 398 g/mol. The largest absolute Gasteiger partial charge is 0.496 e. The van der Waals surface area contributed by atoms with Crippen LogP contribution in [0.3, 0.4) is 0 Å². The number of methoxy groups -OCH3 is 1. The van der Waals surface area contributed by atoms with Gasteiger partial charge in [0.05, 0.1) is 11.6 Å². The minimum Gasteiger partial charge on any atom is -0.496 e. The molecule has 2 aromatic carbocycles. The number of halogens is 2. The van der Waals surface area contributed by atoms with E-state index in [0.717, 1.165) is 8.95 Å². The molecule has 0 unspecified atom stereocenters. The molecular formula is C14H12Br2N2O2. The number of hydrogen-bond acceptors (Lipinski definition) is 3. The minimum absolute atomic E-state index is 0.204. The van der Waals surface area contributed by atoms with Crippen LogP contribution in [0, 0.1) is 0 Å². The Bertz CT molecular complexity index is 660. The van der Waals surface area contributed by atoms with Crippen molar-refractivity contribution in [2.75, 3.05) is 18.2 Å². The number of anilines is 2. The van der Waals surface area contributed by atoms with Crippen molar-refractivity contribution in [1.29, 1.82) is 0 Å². The Morgan fingerprint density at radius 2 is 1.90 bits per heavy atom. The Kier molecular flexibility index (Phi) is 4.67. The number of nitrogens with two attached hydrogens (primary N) is 1. The highest BCUT2D eigenvalue weighted by Crippen LogP contribution is 2.27. The smallest absolute Gasteiger partial charge is 0.255 e. The summed E-state index contributed by atoms with van der Waals surface area (Å²) >= 11 is 6.68. The molecule has 0 aliphatic heterocycles. The zero-order chi connectivity index (χ0) is 14.7. The summed E-state index contributed by atoms with van der Waals surface area (Å²) in [6.07, 6.45) is 0. The molecular weight excluding hydrogens is 388 g/mol. The summed E-state index contributed by atoms with van der Waals surface area (Å²) in [6.45, 7) is 0. The Morgan fingerprint density at radius 3 is 2.50 bits per heavy atom. The lowest BCUT2D eigenvalue weighted by molar-refractivity contribution is 0.102. The SMILES string of the molecule is COc1ccc(C(=O)Nc2ccc(N)c(Br)c2)cc1Br. The van der Waals surface area contributed by atoms with Crippen LogP contribution >= 0.6 is 31.9 Å². The van der Waals surface area contributed by atoms with Crippen molar-refractivity contribution in [3.8, 4) is 5.75 Å². The molecule has 1 amide bonds. The quantitative estimate of drug-likeness (QED) is 0.765. The van der Waals surface area contributed by atoms with Crippen LogP contribution in [0.1, 0.15) is 10.4 Å². The number of ether oxygens (including phenoxy) is 1. The fourth-order valence-electron chi connectivity index (χ4n) is 1.62. The lowest BCUT2D eigenvalue weighted by Crippen LogP contribution is -2.12. The summed E-state index contributed by atoms with van der Waals surface area (Å²) in [6, 6.07) is 10.4. The van der Waals surface area contributed by atoms with E-state index in [1.54, 1.807) is 43.5 Å². The number of carbonyl (C=O) groups excluding carboxylic acids is 1. The van der Waals surface area contributed by atoms with E-state index in [0.29, 0.717) is 22.7 Å². The number of benzene rings is 2. The first-order valence-corrected chi connectivity index (χ1v) is 7.30. The summed E-state index contributed by atoms with van der Waals surface area (Å²) < 4.78 is 6.60. The molecule has 0 saturated carbocycles. The molecule has 0 aliphatic carbocycles. The lowest BCUT2D eigenvalue weighted by Gasteiger charge is -2.08. The molecule has 0 aromatic heterocycles. The Morgan fingerprint density at radius 1 is 1.15 bits per heavy atom. The highest BCUT2D eigenvalue weighted by atomic mass is 79.9. The highest BCUT2D eigenvalue weighted by Gasteiger charge is 2.09. The maximum Gasteiger partial charge on any atom is 0.255 e. The third-order valence-corrected chi connectivity index (χ3v) is 3.98. The second-order valence-electron chi connectivity index (χ2n) is 4.04. The topological polar surface area (TPSA) is 64.3 Å². The molecule has 20 heavy (non-hydrogen) atoms. The summed E-state index contributed by atoms with van der Waals surface area (Å²) in [5.41, 5.74) is 7.53. The molecule has 0 aliphatic rings. The normalized spacial score (nSPS) is 10.2. The van der Waals surface area contributed by atoms with E-state index in [4.69, 9.17) is 10.5 Å². The van der Waals surface area contributed by atoms with Gasteiger partial charge in [-0.3, -0.25) is 4.79 Å². The van der Waals surface area contributed by atoms with E-state index >= 15 is 0 Å². The highest BCUT2D eigenvalue weighted by molar-refractivity contribution is 9.11. The van der Waals surface area contributed by atoms with Crippen molar-refractivity contribution in [2.24, 2.45) is 0 Å². The van der Waals surface area contributed by atoms with E-state index in [1.165, 1.54) is 0 Å². The van der Waals surface area contributed by atoms with Crippen LogP contribution in [0.15, 0.2) is 45.3 Å². The summed E-state index contributed by atoms with van der Waals surface area (Å²) in [5.74, 6) is 0.474. The number of nitrogen functional groups attached to an aromatic ring is 1. The molecule has 6 heteroatoms. The average Bonchev–Trinajstić information content (AvgIpc) is 2.42. The van der Waals surface area contributed by atoms with Crippen LogP contribution in [0.5, 0.6) is 5.75 Å². The fourth-order valence-corrected chi connectivity index (χ4v) is 2.54. The van der Waals surface area contributed by atoms with Gasteiger partial charge in [0.1, 0.15) is 5.75 Å². The zero-order valence-corrected chi connectivity index (χ0v) is 13.8. The average molecular weight is 400 g/mol. The molecule has 0 radical (unpaired) electrons. The zero-order valence-electron chi connectivity index (χ0n) is 10.6. The van der Waals surface area contributed by atoms with Gasteiger partial charge in [-0.05, 0) is 68.3 Å². The molecule has 0 saturated heterocycles. The van der Waals surface area contributed by atoms with Crippen molar-refractivity contribution < 1.29 is 9.53 Å². The van der Waals surface area contributed by atoms with Gasteiger partial charge in [-0.1, -0.05) is 0 Å². The van der Waals surface area contributed by atoms with E-state index in [2.05, 4.69) is 37.2 Å². The van der Waals surface area contributed by atoms with Gasteiger partial charge in [0, 0.05) is 21.4 Å². The second kappa shape index (κ2) is 6.28. The number of carbonyl (C=O) groups is 1. The van der Waals surface area contributed by atoms with Gasteiger partial charge in [-0.15, -0.1) is 0 Å². The van der Waals surface area contributed by atoms with Crippen LogP contribution in [-0.4, -0.2) is 13.0 Å². The van der Waals surface area contributed by atoms with Crippen LogP contribution in [0.2, 0.25) is 0 Å². The molecule has 0 heterocycles. The summed E-state index contributed by atoms with van der Waals surface area (Å²) in [7, 11) is 1.58. The van der Waals surface area contributed by atoms with Crippen LogP contribution in [-0.2, 0) is 0 Å². The molecule has 2 aromatic rings. The van der Waals surface area contributed by atoms with Crippen LogP contribution in [0.4, 0.5) is 11.4 Å². The molecule has 4 nitrogen and oxygen atoms in total. The van der Waals surface area contributed by atoms with Gasteiger partial charge in [0.15, 0.2) is 0 Å². The third kappa shape index (κ3) is 3.32. The standard InChI is InChI=1S/C14H12Br2N2O2/c1-20-13-5-2-8(6-11(13)16)14(19)18-9-3-4-12(17)10(15)7-9/h2-7H,17H2,1H3,(H,18,19). The molecule has 0 bridgehead atoms. The number of hydrogen-bond donors (Lipinski definition) is 2. The summed E-state index contributed by atoms with van der Waals surface area (Å²) in [5, 5.41) is 2.80. The maximum atomic E-state index is 12.1. The van der Waals surface area contributed by atoms with Crippen LogP contribution in [0.25, 0.3) is 0 Å². The van der Waals surface area contributed by atoms with Gasteiger partial charge in [0.25, 0.3) is 5.91 Å². The second-order valence-corrected chi connectivity index (χ2v) is 5.75. The fraction of sp³-hybridized carbons (Fsp3) is 0.0714. The van der Waals surface area contributed by atoms with Gasteiger partial charge < -0.3 is 15.8 Å². The first-order chi connectivity index (χ1) is 9.51. The van der Waals surface area contributed by atoms with Crippen molar-refractivity contribution >= 4 is 49.1 Å². The molecule has 2 rings (SSSR count). The van der Waals surface area contributed by atoms with E-state index in [-0.39, 0.29) is 5.91 Å².